The molecule has 0 aliphatic carbocycles. The predicted molar refractivity (Wildman–Crippen MR) is 94.8 cm³/mol. The third kappa shape index (κ3) is 4.90. The molecule has 0 atom stereocenters. The molecule has 2 N–H and O–H groups in total. The van der Waals surface area contributed by atoms with Crippen LogP contribution in [0.25, 0.3) is 0 Å². The molecule has 0 aliphatic rings. The Morgan fingerprint density at radius 1 is 1.25 bits per heavy atom. The van der Waals surface area contributed by atoms with Crippen LogP contribution in [0, 0.1) is 5.92 Å². The maximum atomic E-state index is 13.0. The fourth-order valence-electron chi connectivity index (χ4n) is 2.47. The van der Waals surface area contributed by atoms with E-state index in [1.54, 1.807) is 12.5 Å². The van der Waals surface area contributed by atoms with Crippen LogP contribution in [0.4, 0.5) is 0 Å². The first-order valence-corrected chi connectivity index (χ1v) is 9.63. The van der Waals surface area contributed by atoms with E-state index in [-0.39, 0.29) is 5.03 Å². The lowest BCUT2D eigenvalue weighted by Gasteiger charge is -2.21. The minimum Gasteiger partial charge on any atom is -0.336 e. The molecule has 1 aromatic heterocycles. The largest absolute Gasteiger partial charge is 0.336 e. The number of hydrogen-bond donors (Lipinski definition) is 1. The monoisotopic (exact) mass is 350 g/mol. The highest BCUT2D eigenvalue weighted by Crippen LogP contribution is 2.17. The van der Waals surface area contributed by atoms with Crippen molar-refractivity contribution in [2.45, 2.75) is 38.4 Å². The quantitative estimate of drug-likeness (QED) is 0.751. The van der Waals surface area contributed by atoms with Crippen molar-refractivity contribution in [1.29, 1.82) is 0 Å². The van der Waals surface area contributed by atoms with Crippen LogP contribution in [0.5, 0.6) is 0 Å². The van der Waals surface area contributed by atoms with Crippen LogP contribution in [-0.4, -0.2) is 35.4 Å². The second-order valence-corrected chi connectivity index (χ2v) is 8.15. The number of aromatic nitrogens is 2. The molecule has 2 rings (SSSR count). The molecule has 0 radical (unpaired) electrons. The van der Waals surface area contributed by atoms with Gasteiger partial charge in [0.15, 0.2) is 5.03 Å². The molecule has 132 valence electrons. The van der Waals surface area contributed by atoms with Crippen LogP contribution in [0.15, 0.2) is 47.9 Å². The molecule has 0 bridgehead atoms. The smallest absolute Gasteiger partial charge is 0.262 e. The molecule has 0 amide bonds. The van der Waals surface area contributed by atoms with Gasteiger partial charge in [-0.2, -0.15) is 4.31 Å². The summed E-state index contributed by atoms with van der Waals surface area (Å²) in [5, 5.41) is 0.0936. The van der Waals surface area contributed by atoms with Crippen molar-refractivity contribution in [1.82, 2.24) is 13.9 Å². The third-order valence-corrected chi connectivity index (χ3v) is 5.33. The summed E-state index contributed by atoms with van der Waals surface area (Å²) in [5.41, 5.74) is 6.51. The number of sulfonamides is 1. The van der Waals surface area contributed by atoms with E-state index in [9.17, 15) is 8.42 Å². The van der Waals surface area contributed by atoms with Gasteiger partial charge in [-0.3, -0.25) is 0 Å². The number of imidazole rings is 1. The number of rotatable bonds is 9. The summed E-state index contributed by atoms with van der Waals surface area (Å²) >= 11 is 0. The molecule has 0 saturated heterocycles. The van der Waals surface area contributed by atoms with E-state index in [2.05, 4.69) is 18.8 Å². The highest BCUT2D eigenvalue weighted by Gasteiger charge is 2.26. The average molecular weight is 350 g/mol. The van der Waals surface area contributed by atoms with Crippen LogP contribution >= 0.6 is 0 Å². The van der Waals surface area contributed by atoms with Crippen molar-refractivity contribution in [3.05, 3.63) is 48.4 Å². The summed E-state index contributed by atoms with van der Waals surface area (Å²) in [6.45, 7) is 6.05. The van der Waals surface area contributed by atoms with Crippen molar-refractivity contribution in [2.24, 2.45) is 11.7 Å². The molecule has 6 nitrogen and oxygen atoms in total. The Morgan fingerprint density at radius 2 is 1.96 bits per heavy atom. The van der Waals surface area contributed by atoms with Crippen LogP contribution in [0.3, 0.4) is 0 Å². The van der Waals surface area contributed by atoms with E-state index in [1.807, 2.05) is 34.9 Å². The summed E-state index contributed by atoms with van der Waals surface area (Å²) < 4.78 is 29.2. The van der Waals surface area contributed by atoms with E-state index in [0.29, 0.717) is 32.0 Å². The van der Waals surface area contributed by atoms with Crippen molar-refractivity contribution < 1.29 is 8.42 Å². The maximum absolute atomic E-state index is 13.0. The van der Waals surface area contributed by atoms with Crippen molar-refractivity contribution in [3.8, 4) is 0 Å². The Bertz CT molecular complexity index is 726. The van der Waals surface area contributed by atoms with E-state index >= 15 is 0 Å². The van der Waals surface area contributed by atoms with Gasteiger partial charge in [-0.15, -0.1) is 0 Å². The number of benzene rings is 1. The summed E-state index contributed by atoms with van der Waals surface area (Å²) in [7, 11) is -3.64. The predicted octanol–water partition coefficient (Wildman–Crippen LogP) is 2.08. The standard InChI is InChI=1S/C17H26N4O2S/c1-15(2)11-20-13-17(19-14-20)24(22,23)21(10-6-9-18)12-16-7-4-3-5-8-16/h3-5,7-8,13-15H,6,9-12,18H2,1-2H3. The highest BCUT2D eigenvalue weighted by molar-refractivity contribution is 7.89. The maximum Gasteiger partial charge on any atom is 0.262 e. The minimum atomic E-state index is -3.64. The Hall–Kier alpha value is -1.70. The molecule has 7 heteroatoms. The van der Waals surface area contributed by atoms with Gasteiger partial charge in [-0.1, -0.05) is 44.2 Å². The van der Waals surface area contributed by atoms with Crippen molar-refractivity contribution >= 4 is 10.0 Å². The second-order valence-electron chi connectivity index (χ2n) is 6.27. The molecule has 1 aromatic carbocycles. The Labute approximate surface area is 144 Å². The first-order chi connectivity index (χ1) is 11.4. The van der Waals surface area contributed by atoms with Gasteiger partial charge < -0.3 is 10.3 Å². The lowest BCUT2D eigenvalue weighted by atomic mass is 10.2. The topological polar surface area (TPSA) is 81.2 Å². The van der Waals surface area contributed by atoms with E-state index in [1.165, 1.54) is 4.31 Å². The van der Waals surface area contributed by atoms with Crippen LogP contribution < -0.4 is 5.73 Å². The van der Waals surface area contributed by atoms with Gasteiger partial charge in [0.05, 0.1) is 6.33 Å². The first-order valence-electron chi connectivity index (χ1n) is 8.19. The fourth-order valence-corrected chi connectivity index (χ4v) is 3.87. The van der Waals surface area contributed by atoms with Crippen molar-refractivity contribution in [3.63, 3.8) is 0 Å². The molecule has 0 spiro atoms. The van der Waals surface area contributed by atoms with Crippen LogP contribution in [-0.2, 0) is 23.1 Å². The summed E-state index contributed by atoms with van der Waals surface area (Å²) in [4.78, 5) is 4.11. The van der Waals surface area contributed by atoms with Gasteiger partial charge in [0.2, 0.25) is 0 Å². The van der Waals surface area contributed by atoms with E-state index in [0.717, 1.165) is 12.1 Å². The SMILES string of the molecule is CC(C)Cn1cnc(S(=O)(=O)N(CCCN)Cc2ccccc2)c1. The highest BCUT2D eigenvalue weighted by atomic mass is 32.2. The number of hydrogen-bond acceptors (Lipinski definition) is 4. The lowest BCUT2D eigenvalue weighted by Crippen LogP contribution is -2.32. The molecule has 24 heavy (non-hydrogen) atoms. The molecular formula is C17H26N4O2S. The lowest BCUT2D eigenvalue weighted by molar-refractivity contribution is 0.400. The van der Waals surface area contributed by atoms with Gasteiger partial charge >= 0.3 is 0 Å². The van der Waals surface area contributed by atoms with Gasteiger partial charge in [-0.05, 0) is 24.4 Å². The van der Waals surface area contributed by atoms with Crippen molar-refractivity contribution in [2.75, 3.05) is 13.1 Å². The number of nitrogens with two attached hydrogens (primary N) is 1. The molecule has 1 heterocycles. The van der Waals surface area contributed by atoms with Gasteiger partial charge in [-0.25, -0.2) is 13.4 Å². The molecular weight excluding hydrogens is 324 g/mol. The summed E-state index contributed by atoms with van der Waals surface area (Å²) in [5.74, 6) is 0.424. The zero-order valence-electron chi connectivity index (χ0n) is 14.3. The van der Waals surface area contributed by atoms with E-state index in [4.69, 9.17) is 5.73 Å². The first kappa shape index (κ1) is 18.6. The van der Waals surface area contributed by atoms with Crippen LogP contribution in [0.2, 0.25) is 0 Å². The minimum absolute atomic E-state index is 0.0936. The Kier molecular flexibility index (Phi) is 6.53. The fraction of sp³-hybridized carbons (Fsp3) is 0.471. The third-order valence-electron chi connectivity index (χ3n) is 3.60. The molecule has 0 aliphatic heterocycles. The van der Waals surface area contributed by atoms with Crippen LogP contribution in [0.1, 0.15) is 25.8 Å². The average Bonchev–Trinajstić information content (AvgIpc) is 3.00. The second kappa shape index (κ2) is 8.41. The Balaban J connectivity index is 2.24. The molecule has 2 aromatic rings. The molecule has 0 saturated carbocycles. The Morgan fingerprint density at radius 3 is 2.58 bits per heavy atom. The van der Waals surface area contributed by atoms with Gasteiger partial charge in [0.1, 0.15) is 0 Å². The number of nitrogens with zero attached hydrogens (tertiary/aromatic N) is 3. The van der Waals surface area contributed by atoms with E-state index < -0.39 is 10.0 Å². The van der Waals surface area contributed by atoms with Gasteiger partial charge in [0, 0.05) is 25.8 Å². The normalized spacial score (nSPS) is 12.2. The molecule has 0 unspecified atom stereocenters. The summed E-state index contributed by atoms with van der Waals surface area (Å²) in [6, 6.07) is 9.56. The zero-order chi connectivity index (χ0) is 17.6. The summed E-state index contributed by atoms with van der Waals surface area (Å²) in [6.07, 6.45) is 3.80. The molecule has 0 fully saturated rings. The zero-order valence-corrected chi connectivity index (χ0v) is 15.1. The van der Waals surface area contributed by atoms with Gasteiger partial charge in [0.25, 0.3) is 10.0 Å².